The molecule has 0 saturated heterocycles. The lowest BCUT2D eigenvalue weighted by atomic mass is 10.0. The van der Waals surface area contributed by atoms with Crippen LogP contribution in [0.25, 0.3) is 0 Å². The molecule has 0 radical (unpaired) electrons. The van der Waals surface area contributed by atoms with Crippen LogP contribution in [0.5, 0.6) is 0 Å². The Morgan fingerprint density at radius 3 is 2.57 bits per heavy atom. The van der Waals surface area contributed by atoms with E-state index in [9.17, 15) is 9.59 Å². The number of nitrogens with one attached hydrogen (secondary N) is 2. The van der Waals surface area contributed by atoms with Crippen molar-refractivity contribution < 1.29 is 9.59 Å². The van der Waals surface area contributed by atoms with Gasteiger partial charge in [-0.3, -0.25) is 4.79 Å². The molecule has 1 saturated carbocycles. The fourth-order valence-corrected chi connectivity index (χ4v) is 4.09. The van der Waals surface area contributed by atoms with Crippen LogP contribution in [0.1, 0.15) is 44.6 Å². The van der Waals surface area contributed by atoms with Gasteiger partial charge in [0, 0.05) is 15.8 Å². The van der Waals surface area contributed by atoms with E-state index in [1.807, 2.05) is 30.8 Å². The number of carbonyl (C=O) groups excluding carboxylic acids is 2. The van der Waals surface area contributed by atoms with Crippen LogP contribution in [0.3, 0.4) is 0 Å². The number of carbonyl (C=O) groups is 2. The van der Waals surface area contributed by atoms with Gasteiger partial charge in [0.2, 0.25) is 5.91 Å². The van der Waals surface area contributed by atoms with Crippen LogP contribution in [-0.2, 0) is 4.79 Å². The molecule has 0 unspecified atom stereocenters. The molecule has 1 aliphatic carbocycles. The Morgan fingerprint density at radius 1 is 1.26 bits per heavy atom. The predicted molar refractivity (Wildman–Crippen MR) is 94.7 cm³/mol. The highest BCUT2D eigenvalue weighted by Crippen LogP contribution is 2.34. The molecule has 0 bridgehead atoms. The second-order valence-electron chi connectivity index (χ2n) is 6.07. The number of hydrogen-bond acceptors (Lipinski definition) is 3. The highest BCUT2D eigenvalue weighted by atomic mass is 32.2. The van der Waals surface area contributed by atoms with E-state index in [4.69, 9.17) is 5.73 Å². The molecule has 1 aromatic rings. The lowest BCUT2D eigenvalue weighted by Crippen LogP contribution is -2.44. The third-order valence-corrected chi connectivity index (χ3v) is 5.39. The molecule has 2 rings (SSSR count). The van der Waals surface area contributed by atoms with Crippen molar-refractivity contribution in [3.05, 3.63) is 23.8 Å². The second kappa shape index (κ2) is 8.24. The first-order valence-electron chi connectivity index (χ1n) is 8.10. The molecule has 23 heavy (non-hydrogen) atoms. The van der Waals surface area contributed by atoms with Crippen LogP contribution in [-0.4, -0.2) is 23.2 Å². The van der Waals surface area contributed by atoms with Crippen molar-refractivity contribution in [2.45, 2.75) is 62.1 Å². The number of amides is 3. The number of hydrogen-bond donors (Lipinski definition) is 3. The molecular weight excluding hydrogens is 310 g/mol. The standard InChI is InChI=1S/C17H25N3O2S/c1-11-10-14(23-13-6-4-3-5-7-13)8-9-15(11)20-16(21)12(2)19-17(18)22/h8-10,12-13H,3-7H2,1-2H3,(H,20,21)(H3,18,19,22)/t12-/m0/s1. The van der Waals surface area contributed by atoms with Gasteiger partial charge >= 0.3 is 6.03 Å². The van der Waals surface area contributed by atoms with Gasteiger partial charge < -0.3 is 16.4 Å². The first kappa shape index (κ1) is 17.7. The van der Waals surface area contributed by atoms with Crippen molar-refractivity contribution in [1.82, 2.24) is 5.32 Å². The Balaban J connectivity index is 1.95. The summed E-state index contributed by atoms with van der Waals surface area (Å²) < 4.78 is 0. The van der Waals surface area contributed by atoms with Crippen LogP contribution < -0.4 is 16.4 Å². The average molecular weight is 335 g/mol. The minimum atomic E-state index is -0.705. The highest BCUT2D eigenvalue weighted by molar-refractivity contribution is 8.00. The maximum atomic E-state index is 12.0. The number of anilines is 1. The molecule has 5 nitrogen and oxygen atoms in total. The fraction of sp³-hybridized carbons (Fsp3) is 0.529. The van der Waals surface area contributed by atoms with Gasteiger partial charge in [-0.05, 0) is 50.5 Å². The maximum Gasteiger partial charge on any atom is 0.312 e. The maximum absolute atomic E-state index is 12.0. The van der Waals surface area contributed by atoms with E-state index in [1.165, 1.54) is 37.0 Å². The van der Waals surface area contributed by atoms with Crippen molar-refractivity contribution in [3.8, 4) is 0 Å². The number of urea groups is 1. The average Bonchev–Trinajstić information content (AvgIpc) is 2.50. The number of thioether (sulfide) groups is 1. The van der Waals surface area contributed by atoms with E-state index < -0.39 is 12.1 Å². The summed E-state index contributed by atoms with van der Waals surface area (Å²) in [7, 11) is 0. The number of rotatable bonds is 5. The van der Waals surface area contributed by atoms with Gasteiger partial charge in [-0.15, -0.1) is 11.8 Å². The third kappa shape index (κ3) is 5.46. The summed E-state index contributed by atoms with van der Waals surface area (Å²) in [6, 6.07) is 4.72. The summed E-state index contributed by atoms with van der Waals surface area (Å²) in [4.78, 5) is 24.1. The molecule has 0 aliphatic heterocycles. The van der Waals surface area contributed by atoms with Crippen molar-refractivity contribution in [1.29, 1.82) is 0 Å². The lowest BCUT2D eigenvalue weighted by molar-refractivity contribution is -0.117. The van der Waals surface area contributed by atoms with Crippen molar-refractivity contribution in [3.63, 3.8) is 0 Å². The molecule has 4 N–H and O–H groups in total. The molecule has 126 valence electrons. The van der Waals surface area contributed by atoms with Crippen LogP contribution >= 0.6 is 11.8 Å². The van der Waals surface area contributed by atoms with E-state index in [0.29, 0.717) is 5.25 Å². The third-order valence-electron chi connectivity index (χ3n) is 4.06. The molecule has 6 heteroatoms. The normalized spacial score (nSPS) is 16.6. The van der Waals surface area contributed by atoms with Crippen LogP contribution in [0.15, 0.2) is 23.1 Å². The summed E-state index contributed by atoms with van der Waals surface area (Å²) in [5.41, 5.74) is 6.81. The molecular formula is C17H25N3O2S. The van der Waals surface area contributed by atoms with Gasteiger partial charge in [0.15, 0.2) is 0 Å². The molecule has 1 aromatic carbocycles. The zero-order valence-electron chi connectivity index (χ0n) is 13.7. The Bertz CT molecular complexity index is 571. The summed E-state index contributed by atoms with van der Waals surface area (Å²) in [6.07, 6.45) is 6.60. The zero-order valence-corrected chi connectivity index (χ0v) is 14.5. The van der Waals surface area contributed by atoms with Gasteiger partial charge in [0.25, 0.3) is 0 Å². The molecule has 0 heterocycles. The fourth-order valence-electron chi connectivity index (χ4n) is 2.75. The van der Waals surface area contributed by atoms with E-state index in [1.54, 1.807) is 6.92 Å². The van der Waals surface area contributed by atoms with E-state index >= 15 is 0 Å². The van der Waals surface area contributed by atoms with Crippen LogP contribution in [0, 0.1) is 6.92 Å². The Labute approximate surface area is 141 Å². The van der Waals surface area contributed by atoms with Crippen molar-refractivity contribution in [2.75, 3.05) is 5.32 Å². The number of benzene rings is 1. The Kier molecular flexibility index (Phi) is 6.33. The van der Waals surface area contributed by atoms with Crippen LogP contribution in [0.4, 0.5) is 10.5 Å². The first-order valence-corrected chi connectivity index (χ1v) is 8.98. The van der Waals surface area contributed by atoms with E-state index in [2.05, 4.69) is 16.7 Å². The minimum Gasteiger partial charge on any atom is -0.352 e. The topological polar surface area (TPSA) is 84.2 Å². The number of aryl methyl sites for hydroxylation is 1. The van der Waals surface area contributed by atoms with Gasteiger partial charge in [-0.25, -0.2) is 4.79 Å². The monoisotopic (exact) mass is 335 g/mol. The quantitative estimate of drug-likeness (QED) is 0.771. The van der Waals surface area contributed by atoms with Crippen molar-refractivity contribution in [2.24, 2.45) is 5.73 Å². The zero-order chi connectivity index (χ0) is 16.8. The highest BCUT2D eigenvalue weighted by Gasteiger charge is 2.17. The van der Waals surface area contributed by atoms with Crippen molar-refractivity contribution >= 4 is 29.4 Å². The summed E-state index contributed by atoms with van der Waals surface area (Å²) in [6.45, 7) is 3.58. The molecule has 1 fully saturated rings. The molecule has 1 aliphatic rings. The number of primary amides is 1. The predicted octanol–water partition coefficient (Wildman–Crippen LogP) is 3.42. The second-order valence-corrected chi connectivity index (χ2v) is 7.45. The van der Waals surface area contributed by atoms with Gasteiger partial charge in [-0.2, -0.15) is 0 Å². The smallest absolute Gasteiger partial charge is 0.312 e. The SMILES string of the molecule is Cc1cc(SC2CCCCC2)ccc1NC(=O)[C@H](C)NC(N)=O. The Hall–Kier alpha value is -1.69. The van der Waals surface area contributed by atoms with Crippen LogP contribution in [0.2, 0.25) is 0 Å². The minimum absolute atomic E-state index is 0.278. The number of nitrogens with two attached hydrogens (primary N) is 1. The summed E-state index contributed by atoms with van der Waals surface area (Å²) >= 11 is 1.93. The van der Waals surface area contributed by atoms with Gasteiger partial charge in [-0.1, -0.05) is 19.3 Å². The molecule has 0 aromatic heterocycles. The van der Waals surface area contributed by atoms with Gasteiger partial charge in [0.05, 0.1) is 0 Å². The summed E-state index contributed by atoms with van der Waals surface area (Å²) in [5, 5.41) is 5.91. The first-order chi connectivity index (χ1) is 11.0. The summed E-state index contributed by atoms with van der Waals surface area (Å²) in [5.74, 6) is -0.278. The Morgan fingerprint density at radius 2 is 1.96 bits per heavy atom. The largest absolute Gasteiger partial charge is 0.352 e. The lowest BCUT2D eigenvalue weighted by Gasteiger charge is -2.21. The molecule has 1 atom stereocenters. The van der Waals surface area contributed by atoms with E-state index in [-0.39, 0.29) is 5.91 Å². The van der Waals surface area contributed by atoms with Gasteiger partial charge in [0.1, 0.15) is 6.04 Å². The molecule has 0 spiro atoms. The molecule has 3 amide bonds. The van der Waals surface area contributed by atoms with E-state index in [0.717, 1.165) is 11.3 Å².